The van der Waals surface area contributed by atoms with Crippen molar-refractivity contribution < 1.29 is 21.2 Å². The molecule has 3 heteroatoms. The molecule has 0 aromatic heterocycles. The van der Waals surface area contributed by atoms with Crippen molar-refractivity contribution in [2.75, 3.05) is 24.1 Å². The van der Waals surface area contributed by atoms with Gasteiger partial charge in [-0.1, -0.05) is 0 Å². The van der Waals surface area contributed by atoms with Crippen molar-refractivity contribution in [1.82, 2.24) is 4.90 Å². The molecule has 70 valence electrons. The first kappa shape index (κ1) is 10.3. The van der Waals surface area contributed by atoms with Crippen molar-refractivity contribution >= 4 is 0 Å². The van der Waals surface area contributed by atoms with E-state index in [4.69, 9.17) is 5.26 Å². The predicted molar refractivity (Wildman–Crippen MR) is 45.6 cm³/mol. The molecule has 1 atom stereocenters. The van der Waals surface area contributed by atoms with Crippen molar-refractivity contribution in [1.29, 1.82) is 5.26 Å². The molecule has 0 bridgehead atoms. The summed E-state index contributed by atoms with van der Waals surface area (Å²) in [6.07, 6.45) is 1.78. The van der Waals surface area contributed by atoms with E-state index in [1.165, 1.54) is 17.5 Å². The van der Waals surface area contributed by atoms with Gasteiger partial charge < -0.3 is 0 Å². The summed E-state index contributed by atoms with van der Waals surface area (Å²) in [5.74, 6) is 0. The third-order valence-electron chi connectivity index (χ3n) is 2.05. The molecular weight excluding hydrogens is 263 g/mol. The predicted octanol–water partition coefficient (Wildman–Crippen LogP) is -1.92. The van der Waals surface area contributed by atoms with Gasteiger partial charge in [-0.3, -0.25) is 0 Å². The van der Waals surface area contributed by atoms with Crippen LogP contribution in [-0.2, 0) is 0 Å². The van der Waals surface area contributed by atoms with E-state index in [0.717, 1.165) is 23.3 Å². The molecule has 1 fully saturated rings. The average molecular weight is 279 g/mol. The first-order valence-corrected chi connectivity index (χ1v) is 7.27. The minimum atomic E-state index is 0.498. The monoisotopic (exact) mass is 279 g/mol. The van der Waals surface area contributed by atoms with Crippen molar-refractivity contribution in [3.63, 3.8) is 0 Å². The van der Waals surface area contributed by atoms with E-state index in [0.29, 0.717) is 21.2 Å². The van der Waals surface area contributed by atoms with Crippen LogP contribution in [-0.4, -0.2) is 32.9 Å². The number of alkyl halides is 2. The number of rotatable bonds is 3. The Morgan fingerprint density at radius 1 is 1.67 bits per heavy atom. The van der Waals surface area contributed by atoms with Crippen LogP contribution >= 0.6 is 0 Å². The Hall–Kier alpha value is 0.180. The molecule has 0 aromatic carbocycles. The van der Waals surface area contributed by atoms with Crippen molar-refractivity contribution in [3.05, 3.63) is 0 Å². The van der Waals surface area contributed by atoms with Crippen LogP contribution in [0.25, 0.3) is 0 Å². The van der Waals surface area contributed by atoms with E-state index in [9.17, 15) is 0 Å². The second-order valence-corrected chi connectivity index (χ2v) is 7.27. The van der Waals surface area contributed by atoms with Gasteiger partial charge in [0.25, 0.3) is 0 Å². The average Bonchev–Trinajstić information content (AvgIpc) is 2.05. The van der Waals surface area contributed by atoms with E-state index >= 15 is 0 Å². The zero-order valence-corrected chi connectivity index (χ0v) is 9.75. The number of nitrogens with zero attached hydrogens (tertiary/aromatic N) is 2. The molecule has 0 saturated carbocycles. The van der Waals surface area contributed by atoms with Crippen LogP contribution in [0.15, 0.2) is 0 Å². The third kappa shape index (κ3) is 3.72. The standard InChI is InChI=1S/C9H16IN2/c1-9-8-12(7-4-10-9)6-3-2-5-11/h9H,2-4,6-8H2,1H3/q-1/t9-/m0/s1. The molecule has 1 rings (SSSR count). The molecule has 1 aliphatic heterocycles. The summed E-state index contributed by atoms with van der Waals surface area (Å²) in [4.78, 5) is 2.52. The molecule has 0 aliphatic carbocycles. The fourth-order valence-corrected chi connectivity index (χ4v) is 4.29. The fraction of sp³-hybridized carbons (Fsp3) is 0.889. The molecule has 1 saturated heterocycles. The number of halogens is 1. The molecule has 2 nitrogen and oxygen atoms in total. The SMILES string of the molecule is C[C@H]1CN(CCCC#N)CC[I-]1. The van der Waals surface area contributed by atoms with Gasteiger partial charge in [-0.2, -0.15) is 0 Å². The first-order valence-electron chi connectivity index (χ1n) is 4.50. The molecule has 0 radical (unpaired) electrons. The van der Waals surface area contributed by atoms with Gasteiger partial charge in [0.2, 0.25) is 0 Å². The van der Waals surface area contributed by atoms with Gasteiger partial charge in [-0.05, 0) is 0 Å². The van der Waals surface area contributed by atoms with Crippen LogP contribution in [0.5, 0.6) is 0 Å². The summed E-state index contributed by atoms with van der Waals surface area (Å²) < 4.78 is 2.42. The molecule has 1 heterocycles. The number of unbranched alkanes of at least 4 members (excludes halogenated alkanes) is 1. The van der Waals surface area contributed by atoms with E-state index in [2.05, 4.69) is 17.9 Å². The van der Waals surface area contributed by atoms with E-state index in [-0.39, 0.29) is 0 Å². The summed E-state index contributed by atoms with van der Waals surface area (Å²) in [6.45, 7) is 6.09. The van der Waals surface area contributed by atoms with Crippen LogP contribution < -0.4 is 21.2 Å². The maximum absolute atomic E-state index is 8.38. The van der Waals surface area contributed by atoms with Crippen molar-refractivity contribution in [2.24, 2.45) is 0 Å². The normalized spacial score (nSPS) is 25.8. The van der Waals surface area contributed by atoms with Crippen molar-refractivity contribution in [2.45, 2.75) is 23.7 Å². The molecule has 0 spiro atoms. The van der Waals surface area contributed by atoms with Crippen LogP contribution in [0, 0.1) is 11.3 Å². The van der Waals surface area contributed by atoms with Gasteiger partial charge in [-0.15, -0.1) is 0 Å². The molecule has 0 unspecified atom stereocenters. The van der Waals surface area contributed by atoms with Gasteiger partial charge in [-0.25, -0.2) is 0 Å². The van der Waals surface area contributed by atoms with Crippen LogP contribution in [0.1, 0.15) is 19.8 Å². The van der Waals surface area contributed by atoms with Gasteiger partial charge in [0.05, 0.1) is 0 Å². The number of hydrogen-bond donors (Lipinski definition) is 0. The number of nitriles is 1. The van der Waals surface area contributed by atoms with Gasteiger partial charge in [0, 0.05) is 0 Å². The van der Waals surface area contributed by atoms with Crippen LogP contribution in [0.3, 0.4) is 0 Å². The summed E-state index contributed by atoms with van der Waals surface area (Å²) in [7, 11) is 0. The Balaban J connectivity index is 2.11. The minimum absolute atomic E-state index is 0.498. The fourth-order valence-electron chi connectivity index (χ4n) is 1.44. The van der Waals surface area contributed by atoms with E-state index in [1.54, 1.807) is 0 Å². The summed E-state index contributed by atoms with van der Waals surface area (Å²) in [6, 6.07) is 2.20. The van der Waals surface area contributed by atoms with Crippen molar-refractivity contribution in [3.8, 4) is 6.07 Å². The quantitative estimate of drug-likeness (QED) is 0.342. The molecule has 0 amide bonds. The molecule has 1 aliphatic rings. The van der Waals surface area contributed by atoms with Crippen LogP contribution in [0.4, 0.5) is 0 Å². The Bertz CT molecular complexity index is 164. The molecule has 12 heavy (non-hydrogen) atoms. The Morgan fingerprint density at radius 3 is 3.17 bits per heavy atom. The summed E-state index contributed by atoms with van der Waals surface area (Å²) in [5, 5.41) is 8.38. The summed E-state index contributed by atoms with van der Waals surface area (Å²) >= 11 is 0.498. The Morgan fingerprint density at radius 2 is 2.50 bits per heavy atom. The van der Waals surface area contributed by atoms with Gasteiger partial charge in [0.1, 0.15) is 0 Å². The Labute approximate surface area is 85.2 Å². The van der Waals surface area contributed by atoms with E-state index in [1.807, 2.05) is 0 Å². The van der Waals surface area contributed by atoms with Gasteiger partial charge in [0.15, 0.2) is 0 Å². The topological polar surface area (TPSA) is 27.0 Å². The second-order valence-electron chi connectivity index (χ2n) is 3.19. The van der Waals surface area contributed by atoms with Gasteiger partial charge >= 0.3 is 85.2 Å². The summed E-state index contributed by atoms with van der Waals surface area (Å²) in [5.41, 5.74) is 0. The number of hydrogen-bond acceptors (Lipinski definition) is 2. The Kier molecular flexibility index (Phi) is 4.93. The third-order valence-corrected chi connectivity index (χ3v) is 5.05. The maximum atomic E-state index is 8.38. The zero-order chi connectivity index (χ0) is 8.81. The molecule has 0 N–H and O–H groups in total. The van der Waals surface area contributed by atoms with E-state index < -0.39 is 0 Å². The second kappa shape index (κ2) is 5.76. The van der Waals surface area contributed by atoms with Crippen LogP contribution in [0.2, 0.25) is 0 Å². The molecular formula is C9H16IN2-. The first-order chi connectivity index (χ1) is 5.83. The zero-order valence-electron chi connectivity index (χ0n) is 7.59. The molecule has 0 aromatic rings.